The van der Waals surface area contributed by atoms with Gasteiger partial charge in [0.1, 0.15) is 0 Å². The number of benzene rings is 2. The third kappa shape index (κ3) is 3.23. The van der Waals surface area contributed by atoms with Gasteiger partial charge < -0.3 is 14.8 Å². The van der Waals surface area contributed by atoms with E-state index in [9.17, 15) is 9.59 Å². The summed E-state index contributed by atoms with van der Waals surface area (Å²) in [7, 11) is 1.83. The van der Waals surface area contributed by atoms with Crippen LogP contribution in [0.5, 0.6) is 0 Å². The molecule has 5 rings (SSSR count). The summed E-state index contributed by atoms with van der Waals surface area (Å²) in [6.45, 7) is 6.00. The fourth-order valence-electron chi connectivity index (χ4n) is 5.71. The summed E-state index contributed by atoms with van der Waals surface area (Å²) in [6, 6.07) is 15.4. The van der Waals surface area contributed by atoms with Crippen molar-refractivity contribution in [1.82, 2.24) is 14.8 Å². The largest absolute Gasteiger partial charge is 0.361 e. The van der Waals surface area contributed by atoms with E-state index in [-0.39, 0.29) is 17.9 Å². The third-order valence-corrected chi connectivity index (χ3v) is 6.97. The molecule has 2 amide bonds. The van der Waals surface area contributed by atoms with Crippen molar-refractivity contribution in [2.24, 2.45) is 11.8 Å². The topological polar surface area (TPSA) is 56.4 Å². The molecule has 1 saturated heterocycles. The first-order chi connectivity index (χ1) is 15.0. The summed E-state index contributed by atoms with van der Waals surface area (Å²) >= 11 is 0. The summed E-state index contributed by atoms with van der Waals surface area (Å²) in [4.78, 5) is 34.5. The maximum absolute atomic E-state index is 14.1. The van der Waals surface area contributed by atoms with Crippen molar-refractivity contribution in [3.8, 4) is 0 Å². The smallest absolute Gasteiger partial charge is 0.254 e. The van der Waals surface area contributed by atoms with Crippen molar-refractivity contribution in [2.45, 2.75) is 32.2 Å². The highest BCUT2D eigenvalue weighted by Crippen LogP contribution is 2.45. The normalized spacial score (nSPS) is 26.2. The van der Waals surface area contributed by atoms with Gasteiger partial charge in [-0.25, -0.2) is 0 Å². The van der Waals surface area contributed by atoms with Crippen LogP contribution < -0.4 is 0 Å². The Hall–Kier alpha value is -3.08. The Labute approximate surface area is 183 Å². The van der Waals surface area contributed by atoms with Crippen molar-refractivity contribution in [1.29, 1.82) is 0 Å². The molecule has 3 aromatic rings. The van der Waals surface area contributed by atoms with Crippen molar-refractivity contribution in [3.63, 3.8) is 0 Å². The number of likely N-dealkylation sites (tertiary alicyclic amines) is 1. The van der Waals surface area contributed by atoms with E-state index in [0.717, 1.165) is 41.5 Å². The molecule has 1 N–H and O–H groups in total. The third-order valence-electron chi connectivity index (χ3n) is 6.97. The van der Waals surface area contributed by atoms with Gasteiger partial charge in [-0.3, -0.25) is 9.59 Å². The highest BCUT2D eigenvalue weighted by atomic mass is 16.2. The second-order valence-electron chi connectivity index (χ2n) is 9.40. The molecule has 31 heavy (non-hydrogen) atoms. The number of likely N-dealkylation sites (N-methyl/N-ethyl adjacent to an activating group) is 1. The Balaban J connectivity index is 1.66. The van der Waals surface area contributed by atoms with Crippen LogP contribution in [-0.4, -0.2) is 46.7 Å². The molecule has 2 aliphatic rings. The molecular weight excluding hydrogens is 386 g/mol. The highest BCUT2D eigenvalue weighted by molar-refractivity contribution is 6.02. The molecule has 2 aromatic carbocycles. The zero-order valence-corrected chi connectivity index (χ0v) is 18.3. The van der Waals surface area contributed by atoms with Crippen LogP contribution in [0.1, 0.15) is 53.7 Å². The van der Waals surface area contributed by atoms with Crippen LogP contribution in [0.3, 0.4) is 0 Å². The Morgan fingerprint density at radius 1 is 0.968 bits per heavy atom. The van der Waals surface area contributed by atoms with Crippen molar-refractivity contribution in [2.75, 3.05) is 20.1 Å². The number of amides is 2. The second kappa shape index (κ2) is 7.56. The van der Waals surface area contributed by atoms with E-state index in [1.165, 1.54) is 0 Å². The number of H-pyrrole nitrogens is 1. The molecule has 5 nitrogen and oxygen atoms in total. The molecule has 1 aromatic heterocycles. The van der Waals surface area contributed by atoms with Crippen LogP contribution in [0.15, 0.2) is 54.7 Å². The number of fused-ring (bicyclic) bond motifs is 2. The van der Waals surface area contributed by atoms with Crippen LogP contribution in [-0.2, 0) is 4.79 Å². The first-order valence-corrected chi connectivity index (χ1v) is 11.2. The first kappa shape index (κ1) is 19.9. The number of aromatic nitrogens is 1. The zero-order chi connectivity index (χ0) is 21.7. The average Bonchev–Trinajstić information content (AvgIpc) is 3.19. The van der Waals surface area contributed by atoms with Gasteiger partial charge in [-0.2, -0.15) is 0 Å². The lowest BCUT2D eigenvalue weighted by Gasteiger charge is -2.43. The molecule has 0 bridgehead atoms. The van der Waals surface area contributed by atoms with Gasteiger partial charge in [0.05, 0.1) is 12.0 Å². The van der Waals surface area contributed by atoms with Crippen LogP contribution in [0.2, 0.25) is 0 Å². The van der Waals surface area contributed by atoms with Crippen molar-refractivity contribution < 1.29 is 9.59 Å². The van der Waals surface area contributed by atoms with E-state index in [0.29, 0.717) is 17.4 Å². The van der Waals surface area contributed by atoms with Gasteiger partial charge in [-0.15, -0.1) is 0 Å². The Morgan fingerprint density at radius 3 is 2.42 bits per heavy atom. The maximum Gasteiger partial charge on any atom is 0.254 e. The van der Waals surface area contributed by atoms with E-state index in [1.807, 2.05) is 60.6 Å². The second-order valence-corrected chi connectivity index (χ2v) is 9.40. The van der Waals surface area contributed by atoms with E-state index >= 15 is 0 Å². The minimum Gasteiger partial charge on any atom is -0.361 e. The van der Waals surface area contributed by atoms with Crippen LogP contribution in [0.4, 0.5) is 0 Å². The van der Waals surface area contributed by atoms with Crippen molar-refractivity contribution in [3.05, 3.63) is 71.4 Å². The molecule has 3 heterocycles. The summed E-state index contributed by atoms with van der Waals surface area (Å²) < 4.78 is 0. The van der Waals surface area contributed by atoms with E-state index in [2.05, 4.69) is 24.9 Å². The van der Waals surface area contributed by atoms with Gasteiger partial charge in [0.15, 0.2) is 0 Å². The monoisotopic (exact) mass is 415 g/mol. The molecule has 4 atom stereocenters. The van der Waals surface area contributed by atoms with Gasteiger partial charge in [0.25, 0.3) is 5.91 Å². The minimum absolute atomic E-state index is 0.0321. The Morgan fingerprint density at radius 2 is 1.65 bits per heavy atom. The van der Waals surface area contributed by atoms with Crippen LogP contribution >= 0.6 is 0 Å². The van der Waals surface area contributed by atoms with E-state index < -0.39 is 5.92 Å². The lowest BCUT2D eigenvalue weighted by molar-refractivity contribution is -0.137. The number of para-hydroxylation sites is 1. The number of hydrogen-bond acceptors (Lipinski definition) is 2. The molecule has 0 aliphatic carbocycles. The fraction of sp³-hybridized carbons (Fsp3) is 0.385. The number of nitrogens with zero attached hydrogens (tertiary/aromatic N) is 2. The number of nitrogens with one attached hydrogen (secondary N) is 1. The lowest BCUT2D eigenvalue weighted by Crippen LogP contribution is -2.50. The number of rotatable bonds is 2. The van der Waals surface area contributed by atoms with Gasteiger partial charge in [-0.05, 0) is 36.0 Å². The number of carbonyl (C=O) groups excluding carboxylic acids is 2. The molecule has 0 spiro atoms. The zero-order valence-electron chi connectivity index (χ0n) is 18.3. The minimum atomic E-state index is -0.421. The summed E-state index contributed by atoms with van der Waals surface area (Å²) in [6.07, 6.45) is 3.12. The quantitative estimate of drug-likeness (QED) is 0.666. The lowest BCUT2D eigenvalue weighted by atomic mass is 9.78. The van der Waals surface area contributed by atoms with Crippen LogP contribution in [0, 0.1) is 11.8 Å². The summed E-state index contributed by atoms with van der Waals surface area (Å²) in [5.74, 6) is 0.640. The van der Waals surface area contributed by atoms with E-state index in [4.69, 9.17) is 0 Å². The molecule has 0 saturated carbocycles. The molecule has 160 valence electrons. The SMILES string of the molecule is C[C@@H]1C[C@H](C)CN(C(=O)[C@@H]2c3ccccc3C(=O)N(C)[C@H]2c2c[nH]c3ccccc23)C1. The van der Waals surface area contributed by atoms with Gasteiger partial charge in [-0.1, -0.05) is 50.2 Å². The number of carbonyl (C=O) groups is 2. The average molecular weight is 416 g/mol. The van der Waals surface area contributed by atoms with Gasteiger partial charge in [0.2, 0.25) is 5.91 Å². The number of aromatic amines is 1. The van der Waals surface area contributed by atoms with E-state index in [1.54, 1.807) is 4.90 Å². The fourth-order valence-corrected chi connectivity index (χ4v) is 5.71. The van der Waals surface area contributed by atoms with Crippen LogP contribution in [0.25, 0.3) is 10.9 Å². The maximum atomic E-state index is 14.1. The molecule has 5 heteroatoms. The Kier molecular flexibility index (Phi) is 4.84. The number of piperidine rings is 1. The standard InChI is InChI=1S/C26H29N3O2/c1-16-12-17(2)15-29(14-16)26(31)23-19-9-4-5-10-20(19)25(30)28(3)24(23)21-13-27-22-11-7-6-8-18(21)22/h4-11,13,16-17,23-24,27H,12,14-15H2,1-3H3/t16-,17+,23-,24+/m1/s1. The first-order valence-electron chi connectivity index (χ1n) is 11.2. The van der Waals surface area contributed by atoms with Crippen molar-refractivity contribution >= 4 is 22.7 Å². The predicted octanol–water partition coefficient (Wildman–Crippen LogP) is 4.58. The molecule has 1 fully saturated rings. The Bertz CT molecular complexity index is 1140. The highest BCUT2D eigenvalue weighted by Gasteiger charge is 2.45. The molecule has 0 radical (unpaired) electrons. The summed E-state index contributed by atoms with van der Waals surface area (Å²) in [5.41, 5.74) is 3.50. The molecular formula is C26H29N3O2. The van der Waals surface area contributed by atoms with Gasteiger partial charge in [0, 0.05) is 48.4 Å². The predicted molar refractivity (Wildman–Crippen MR) is 122 cm³/mol. The van der Waals surface area contributed by atoms with Gasteiger partial charge >= 0.3 is 0 Å². The number of hydrogen-bond donors (Lipinski definition) is 1. The molecule has 2 aliphatic heterocycles. The molecule has 0 unspecified atom stereocenters. The summed E-state index contributed by atoms with van der Waals surface area (Å²) in [5, 5.41) is 1.06.